The van der Waals surface area contributed by atoms with Gasteiger partial charge >= 0.3 is 0 Å². The number of aromatic amines is 1. The van der Waals surface area contributed by atoms with Crippen LogP contribution in [0.1, 0.15) is 0 Å². The Morgan fingerprint density at radius 3 is 1.53 bits per heavy atom. The lowest BCUT2D eigenvalue weighted by Gasteiger charge is -2.13. The summed E-state index contributed by atoms with van der Waals surface area (Å²) in [6, 6.07) is 56.5. The zero-order valence-corrected chi connectivity index (χ0v) is 26.5. The second-order valence-electron chi connectivity index (χ2n) is 12.1. The van der Waals surface area contributed by atoms with E-state index in [0.717, 1.165) is 61.2 Å². The first kappa shape index (κ1) is 28.5. The number of benzene rings is 6. The minimum Gasteiger partial charge on any atom is -0.355 e. The third-order valence-electron chi connectivity index (χ3n) is 8.91. The Morgan fingerprint density at radius 2 is 0.857 bits per heavy atom. The van der Waals surface area contributed by atoms with Gasteiger partial charge in [0.25, 0.3) is 0 Å². The van der Waals surface area contributed by atoms with Crippen LogP contribution in [0.25, 0.3) is 89.5 Å². The van der Waals surface area contributed by atoms with Gasteiger partial charge in [-0.15, -0.1) is 0 Å². The Labute approximate surface area is 283 Å². The standard InChI is InChI=1S/C44H29N5/c1-3-11-31(12-4-1)42-47-43(32-13-5-2-6-14-32)49-44(48-42)36-26-34(29-18-20-30(21-19-29)39-16-9-10-24-45-39)25-35(27-36)33-22-23-41-38(28-33)37-15-7-8-17-40(37)46-41/h1-28,46H. The molecule has 230 valence electrons. The summed E-state index contributed by atoms with van der Waals surface area (Å²) < 4.78 is 0. The highest BCUT2D eigenvalue weighted by atomic mass is 15.0. The average Bonchev–Trinajstić information content (AvgIpc) is 3.57. The van der Waals surface area contributed by atoms with E-state index in [9.17, 15) is 0 Å². The number of aromatic nitrogens is 5. The Kier molecular flexibility index (Phi) is 7.06. The molecule has 0 aliphatic rings. The monoisotopic (exact) mass is 627 g/mol. The Bertz CT molecular complexity index is 2520. The number of hydrogen-bond donors (Lipinski definition) is 1. The zero-order valence-electron chi connectivity index (χ0n) is 26.5. The fraction of sp³-hybridized carbons (Fsp3) is 0. The van der Waals surface area contributed by atoms with Crippen LogP contribution in [0.2, 0.25) is 0 Å². The maximum absolute atomic E-state index is 5.07. The van der Waals surface area contributed by atoms with Crippen LogP contribution in [0.5, 0.6) is 0 Å². The SMILES string of the molecule is c1ccc(-c2nc(-c3ccccc3)nc(-c3cc(-c4ccc(-c5ccccn5)cc4)cc(-c4ccc5[nH]c6ccccc6c5c4)c3)n2)cc1. The summed E-state index contributed by atoms with van der Waals surface area (Å²) in [5, 5.41) is 2.40. The molecule has 0 amide bonds. The van der Waals surface area contributed by atoms with Crippen LogP contribution in [0, 0.1) is 0 Å². The summed E-state index contributed by atoms with van der Waals surface area (Å²) in [7, 11) is 0. The Balaban J connectivity index is 1.24. The van der Waals surface area contributed by atoms with E-state index in [1.165, 1.54) is 10.8 Å². The second kappa shape index (κ2) is 12.1. The van der Waals surface area contributed by atoms with Crippen molar-refractivity contribution in [2.24, 2.45) is 0 Å². The van der Waals surface area contributed by atoms with E-state index in [0.29, 0.717) is 17.5 Å². The topological polar surface area (TPSA) is 67.3 Å². The smallest absolute Gasteiger partial charge is 0.164 e. The van der Waals surface area contributed by atoms with Gasteiger partial charge in [0.05, 0.1) is 5.69 Å². The van der Waals surface area contributed by atoms with Gasteiger partial charge in [0.1, 0.15) is 0 Å². The van der Waals surface area contributed by atoms with Gasteiger partial charge < -0.3 is 4.98 Å². The molecule has 0 radical (unpaired) electrons. The number of hydrogen-bond acceptors (Lipinski definition) is 4. The number of para-hydroxylation sites is 1. The molecule has 0 spiro atoms. The molecule has 9 aromatic rings. The van der Waals surface area contributed by atoms with Crippen molar-refractivity contribution in [1.29, 1.82) is 0 Å². The van der Waals surface area contributed by atoms with Crippen molar-refractivity contribution in [3.8, 4) is 67.7 Å². The van der Waals surface area contributed by atoms with Crippen molar-refractivity contribution in [2.45, 2.75) is 0 Å². The van der Waals surface area contributed by atoms with Gasteiger partial charge in [-0.25, -0.2) is 15.0 Å². The first-order chi connectivity index (χ1) is 24.2. The van der Waals surface area contributed by atoms with Crippen LogP contribution in [0.15, 0.2) is 170 Å². The fourth-order valence-electron chi connectivity index (χ4n) is 6.42. The number of nitrogens with zero attached hydrogens (tertiary/aromatic N) is 4. The van der Waals surface area contributed by atoms with E-state index in [2.05, 4.69) is 94.9 Å². The molecule has 9 rings (SSSR count). The highest BCUT2D eigenvalue weighted by molar-refractivity contribution is 6.08. The van der Waals surface area contributed by atoms with E-state index in [1.807, 2.05) is 85.1 Å². The lowest BCUT2D eigenvalue weighted by molar-refractivity contribution is 1.07. The third kappa shape index (κ3) is 5.53. The first-order valence-corrected chi connectivity index (χ1v) is 16.3. The molecule has 6 aromatic carbocycles. The lowest BCUT2D eigenvalue weighted by atomic mass is 9.94. The highest BCUT2D eigenvalue weighted by Gasteiger charge is 2.16. The van der Waals surface area contributed by atoms with Crippen molar-refractivity contribution in [3.63, 3.8) is 0 Å². The van der Waals surface area contributed by atoms with Gasteiger partial charge in [0.2, 0.25) is 0 Å². The van der Waals surface area contributed by atoms with Crippen LogP contribution >= 0.6 is 0 Å². The molecule has 5 nitrogen and oxygen atoms in total. The van der Waals surface area contributed by atoms with E-state index in [1.54, 1.807) is 0 Å². The van der Waals surface area contributed by atoms with E-state index in [4.69, 9.17) is 15.0 Å². The summed E-state index contributed by atoms with van der Waals surface area (Å²) in [6.45, 7) is 0. The molecule has 0 bridgehead atoms. The van der Waals surface area contributed by atoms with E-state index >= 15 is 0 Å². The van der Waals surface area contributed by atoms with Crippen molar-refractivity contribution in [1.82, 2.24) is 24.9 Å². The molecule has 0 fully saturated rings. The number of nitrogens with one attached hydrogen (secondary N) is 1. The molecule has 0 saturated heterocycles. The van der Waals surface area contributed by atoms with Crippen LogP contribution in [0.3, 0.4) is 0 Å². The molecule has 5 heteroatoms. The van der Waals surface area contributed by atoms with E-state index in [-0.39, 0.29) is 0 Å². The molecular weight excluding hydrogens is 599 g/mol. The summed E-state index contributed by atoms with van der Waals surface area (Å²) in [6.07, 6.45) is 1.83. The Morgan fingerprint density at radius 1 is 0.327 bits per heavy atom. The molecule has 0 aliphatic heterocycles. The molecule has 49 heavy (non-hydrogen) atoms. The lowest BCUT2D eigenvalue weighted by Crippen LogP contribution is -2.00. The predicted molar refractivity (Wildman–Crippen MR) is 200 cm³/mol. The second-order valence-corrected chi connectivity index (χ2v) is 12.1. The van der Waals surface area contributed by atoms with Gasteiger partial charge in [-0.05, 0) is 70.8 Å². The van der Waals surface area contributed by atoms with Crippen LogP contribution in [-0.2, 0) is 0 Å². The molecule has 3 aromatic heterocycles. The van der Waals surface area contributed by atoms with Gasteiger partial charge in [-0.3, -0.25) is 4.98 Å². The fourth-order valence-corrected chi connectivity index (χ4v) is 6.42. The van der Waals surface area contributed by atoms with Gasteiger partial charge in [-0.1, -0.05) is 115 Å². The average molecular weight is 628 g/mol. The number of rotatable bonds is 6. The molecular formula is C44H29N5. The maximum atomic E-state index is 5.07. The normalized spacial score (nSPS) is 11.3. The van der Waals surface area contributed by atoms with Crippen molar-refractivity contribution >= 4 is 21.8 Å². The maximum Gasteiger partial charge on any atom is 0.164 e. The Hall–Kier alpha value is -6.72. The summed E-state index contributed by atoms with van der Waals surface area (Å²) in [5.74, 6) is 1.89. The minimum atomic E-state index is 0.620. The highest BCUT2D eigenvalue weighted by Crippen LogP contribution is 2.36. The van der Waals surface area contributed by atoms with Gasteiger partial charge in [0, 0.05) is 50.3 Å². The zero-order chi connectivity index (χ0) is 32.6. The van der Waals surface area contributed by atoms with Crippen LogP contribution < -0.4 is 0 Å². The summed E-state index contributed by atoms with van der Waals surface area (Å²) >= 11 is 0. The first-order valence-electron chi connectivity index (χ1n) is 16.3. The summed E-state index contributed by atoms with van der Waals surface area (Å²) in [4.78, 5) is 23.2. The van der Waals surface area contributed by atoms with Crippen LogP contribution in [0.4, 0.5) is 0 Å². The van der Waals surface area contributed by atoms with E-state index < -0.39 is 0 Å². The molecule has 0 atom stereocenters. The molecule has 0 saturated carbocycles. The van der Waals surface area contributed by atoms with Gasteiger partial charge in [0.15, 0.2) is 17.5 Å². The summed E-state index contributed by atoms with van der Waals surface area (Å²) in [5.41, 5.74) is 11.4. The molecule has 0 aliphatic carbocycles. The van der Waals surface area contributed by atoms with Crippen molar-refractivity contribution in [3.05, 3.63) is 170 Å². The molecule has 3 heterocycles. The molecule has 1 N–H and O–H groups in total. The quantitative estimate of drug-likeness (QED) is 0.199. The largest absolute Gasteiger partial charge is 0.355 e. The number of H-pyrrole nitrogens is 1. The third-order valence-corrected chi connectivity index (χ3v) is 8.91. The van der Waals surface area contributed by atoms with Gasteiger partial charge in [-0.2, -0.15) is 0 Å². The predicted octanol–water partition coefficient (Wildman–Crippen LogP) is 10.9. The minimum absolute atomic E-state index is 0.620. The van der Waals surface area contributed by atoms with Crippen molar-refractivity contribution in [2.75, 3.05) is 0 Å². The molecule has 0 unspecified atom stereocenters. The number of fused-ring (bicyclic) bond motifs is 3. The van der Waals surface area contributed by atoms with Crippen LogP contribution in [-0.4, -0.2) is 24.9 Å². The van der Waals surface area contributed by atoms with Crippen molar-refractivity contribution < 1.29 is 0 Å². The number of pyridine rings is 1.